The molecule has 0 aliphatic rings. The maximum Gasteiger partial charge on any atom is 0.419 e. The van der Waals surface area contributed by atoms with Gasteiger partial charge in [0.25, 0.3) is 0 Å². The number of aromatic nitrogens is 2. The van der Waals surface area contributed by atoms with Crippen LogP contribution in [0.2, 0.25) is 5.02 Å². The van der Waals surface area contributed by atoms with Gasteiger partial charge in [0, 0.05) is 11.2 Å². The van der Waals surface area contributed by atoms with Crippen molar-refractivity contribution in [1.29, 1.82) is 0 Å². The van der Waals surface area contributed by atoms with Gasteiger partial charge in [0.2, 0.25) is 0 Å². The molecule has 0 fully saturated rings. The predicted molar refractivity (Wildman–Crippen MR) is 69.8 cm³/mol. The molecule has 0 aliphatic heterocycles. The van der Waals surface area contributed by atoms with Gasteiger partial charge in [-0.25, -0.2) is 4.79 Å². The number of alkyl halides is 3. The molecule has 0 saturated carbocycles. The van der Waals surface area contributed by atoms with Crippen LogP contribution in [-0.2, 0) is 24.1 Å². The number of ether oxygens (including phenoxy) is 1. The van der Waals surface area contributed by atoms with Gasteiger partial charge in [0.1, 0.15) is 0 Å². The van der Waals surface area contributed by atoms with Gasteiger partial charge in [-0.2, -0.15) is 18.2 Å². The molecule has 0 saturated heterocycles. The molecule has 1 heterocycles. The van der Waals surface area contributed by atoms with Gasteiger partial charge >= 0.3 is 11.9 Å². The Morgan fingerprint density at radius 3 is 2.48 bits per heavy atom. The minimum absolute atomic E-state index is 0.0863. The zero-order valence-electron chi connectivity index (χ0n) is 10.6. The Labute approximate surface area is 122 Å². The van der Waals surface area contributed by atoms with Crippen LogP contribution >= 0.6 is 11.6 Å². The lowest BCUT2D eigenvalue weighted by Gasteiger charge is -2.11. The summed E-state index contributed by atoms with van der Waals surface area (Å²) in [6.07, 6.45) is -4.01. The molecule has 1 aromatic carbocycles. The topological polar surface area (TPSA) is 55.0 Å². The average Bonchev–Trinajstić information content (AvgIpc) is 2.40. The number of H-pyrrole nitrogens is 1. The standard InChI is InChI=1S/C13H10ClF3N2O2/c14-9-3-1-8(2-4-9)6-21-7-11-10(13(15,16)17)5-18-12(20)19-11/h1-5H,6-7H2,(H,18,19,20). The highest BCUT2D eigenvalue weighted by atomic mass is 35.5. The molecule has 1 N–H and O–H groups in total. The molecule has 4 nitrogen and oxygen atoms in total. The smallest absolute Gasteiger partial charge is 0.370 e. The molecule has 0 unspecified atom stereocenters. The maximum atomic E-state index is 12.7. The molecule has 0 bridgehead atoms. The molecular weight excluding hydrogens is 309 g/mol. The molecule has 1 aromatic heterocycles. The highest BCUT2D eigenvalue weighted by molar-refractivity contribution is 6.30. The summed E-state index contributed by atoms with van der Waals surface area (Å²) in [4.78, 5) is 16.2. The van der Waals surface area contributed by atoms with E-state index in [0.29, 0.717) is 11.2 Å². The number of hydrogen-bond donors (Lipinski definition) is 1. The van der Waals surface area contributed by atoms with Crippen molar-refractivity contribution in [2.75, 3.05) is 0 Å². The number of halogens is 4. The van der Waals surface area contributed by atoms with Crippen LogP contribution in [0.25, 0.3) is 0 Å². The fourth-order valence-corrected chi connectivity index (χ4v) is 1.76. The van der Waals surface area contributed by atoms with E-state index in [4.69, 9.17) is 16.3 Å². The Balaban J connectivity index is 2.07. The van der Waals surface area contributed by atoms with Crippen molar-refractivity contribution >= 4 is 11.6 Å². The summed E-state index contributed by atoms with van der Waals surface area (Å²) in [5.74, 6) is 0. The van der Waals surface area contributed by atoms with Crippen molar-refractivity contribution in [3.63, 3.8) is 0 Å². The number of nitrogens with one attached hydrogen (secondary N) is 1. The normalized spacial score (nSPS) is 11.6. The van der Waals surface area contributed by atoms with Crippen LogP contribution < -0.4 is 5.69 Å². The zero-order valence-corrected chi connectivity index (χ0v) is 11.3. The van der Waals surface area contributed by atoms with Crippen LogP contribution in [0.4, 0.5) is 13.2 Å². The Morgan fingerprint density at radius 2 is 1.86 bits per heavy atom. The third-order valence-corrected chi connectivity index (χ3v) is 2.87. The molecule has 112 valence electrons. The van der Waals surface area contributed by atoms with Gasteiger partial charge in [0.15, 0.2) is 0 Å². The van der Waals surface area contributed by atoms with Gasteiger partial charge in [-0.1, -0.05) is 23.7 Å². The molecule has 0 aliphatic carbocycles. The lowest BCUT2D eigenvalue weighted by molar-refractivity contribution is -0.139. The second kappa shape index (κ2) is 6.28. The van der Waals surface area contributed by atoms with E-state index >= 15 is 0 Å². The van der Waals surface area contributed by atoms with Crippen LogP contribution in [0, 0.1) is 0 Å². The van der Waals surface area contributed by atoms with Crippen molar-refractivity contribution in [2.24, 2.45) is 0 Å². The van der Waals surface area contributed by atoms with E-state index in [1.54, 1.807) is 24.3 Å². The summed E-state index contributed by atoms with van der Waals surface area (Å²) in [7, 11) is 0. The molecule has 0 amide bonds. The van der Waals surface area contributed by atoms with Crippen LogP contribution in [0.15, 0.2) is 35.3 Å². The van der Waals surface area contributed by atoms with Crippen molar-refractivity contribution < 1.29 is 17.9 Å². The SMILES string of the molecule is O=c1nc(COCc2ccc(Cl)cc2)c(C(F)(F)F)c[nH]1. The second-order valence-electron chi connectivity index (χ2n) is 4.18. The highest BCUT2D eigenvalue weighted by Gasteiger charge is 2.34. The Bertz CT molecular complexity index is 668. The summed E-state index contributed by atoms with van der Waals surface area (Å²) in [5.41, 5.74) is -1.57. The van der Waals surface area contributed by atoms with Crippen LogP contribution in [0.3, 0.4) is 0 Å². The number of hydrogen-bond acceptors (Lipinski definition) is 3. The molecule has 0 spiro atoms. The minimum Gasteiger partial charge on any atom is -0.370 e. The second-order valence-corrected chi connectivity index (χ2v) is 4.62. The number of nitrogens with zero attached hydrogens (tertiary/aromatic N) is 1. The van der Waals surface area contributed by atoms with E-state index in [1.807, 2.05) is 4.98 Å². The number of rotatable bonds is 4. The van der Waals surface area contributed by atoms with Crippen molar-refractivity contribution in [2.45, 2.75) is 19.4 Å². The van der Waals surface area contributed by atoms with E-state index in [9.17, 15) is 18.0 Å². The maximum absolute atomic E-state index is 12.7. The van der Waals surface area contributed by atoms with Gasteiger partial charge in [-0.3, -0.25) is 0 Å². The van der Waals surface area contributed by atoms with Gasteiger partial charge in [-0.15, -0.1) is 0 Å². The lowest BCUT2D eigenvalue weighted by Crippen LogP contribution is -2.20. The predicted octanol–water partition coefficient (Wildman–Crippen LogP) is 3.16. The third-order valence-electron chi connectivity index (χ3n) is 2.61. The fraction of sp³-hybridized carbons (Fsp3) is 0.231. The first-order chi connectivity index (χ1) is 9.86. The fourth-order valence-electron chi connectivity index (χ4n) is 1.63. The molecule has 8 heteroatoms. The molecule has 0 radical (unpaired) electrons. The lowest BCUT2D eigenvalue weighted by atomic mass is 10.2. The van der Waals surface area contributed by atoms with Crippen molar-refractivity contribution in [3.05, 3.63) is 62.8 Å². The monoisotopic (exact) mass is 318 g/mol. The minimum atomic E-state index is -4.60. The van der Waals surface area contributed by atoms with E-state index in [1.165, 1.54) is 0 Å². The Kier molecular flexibility index (Phi) is 4.64. The molecule has 0 atom stereocenters. The number of aromatic amines is 1. The van der Waals surface area contributed by atoms with Crippen LogP contribution in [-0.4, -0.2) is 9.97 Å². The third kappa shape index (κ3) is 4.30. The summed E-state index contributed by atoms with van der Waals surface area (Å²) in [5, 5.41) is 0.550. The quantitative estimate of drug-likeness (QED) is 0.942. The summed E-state index contributed by atoms with van der Waals surface area (Å²) in [6, 6.07) is 6.68. The summed E-state index contributed by atoms with van der Waals surface area (Å²) < 4.78 is 43.4. The summed E-state index contributed by atoms with van der Waals surface area (Å²) >= 11 is 5.72. The number of benzene rings is 1. The molecule has 2 rings (SSSR count). The molecular formula is C13H10ClF3N2O2. The van der Waals surface area contributed by atoms with E-state index in [-0.39, 0.29) is 6.61 Å². The van der Waals surface area contributed by atoms with Gasteiger partial charge in [-0.05, 0) is 17.7 Å². The first kappa shape index (κ1) is 15.5. The molecule has 21 heavy (non-hydrogen) atoms. The van der Waals surface area contributed by atoms with Gasteiger partial charge < -0.3 is 9.72 Å². The first-order valence-corrected chi connectivity index (χ1v) is 6.22. The molecule has 2 aromatic rings. The summed E-state index contributed by atoms with van der Waals surface area (Å²) in [6.45, 7) is -0.329. The van der Waals surface area contributed by atoms with Gasteiger partial charge in [0.05, 0.1) is 24.5 Å². The first-order valence-electron chi connectivity index (χ1n) is 5.84. The Morgan fingerprint density at radius 1 is 1.19 bits per heavy atom. The highest BCUT2D eigenvalue weighted by Crippen LogP contribution is 2.30. The average molecular weight is 319 g/mol. The van der Waals surface area contributed by atoms with Crippen molar-refractivity contribution in [1.82, 2.24) is 9.97 Å². The van der Waals surface area contributed by atoms with Crippen LogP contribution in [0.5, 0.6) is 0 Å². The largest absolute Gasteiger partial charge is 0.419 e. The van der Waals surface area contributed by atoms with Crippen molar-refractivity contribution in [3.8, 4) is 0 Å². The Hall–Kier alpha value is -1.86. The zero-order chi connectivity index (χ0) is 15.5. The van der Waals surface area contributed by atoms with E-state index in [0.717, 1.165) is 5.56 Å². The van der Waals surface area contributed by atoms with E-state index < -0.39 is 29.7 Å². The van der Waals surface area contributed by atoms with E-state index in [2.05, 4.69) is 4.98 Å². The van der Waals surface area contributed by atoms with Crippen LogP contribution in [0.1, 0.15) is 16.8 Å².